The van der Waals surface area contributed by atoms with Crippen LogP contribution >= 0.6 is 0 Å². The van der Waals surface area contributed by atoms with Crippen LogP contribution in [0.25, 0.3) is 0 Å². The third kappa shape index (κ3) is 6.29. The monoisotopic (exact) mass is 478 g/mol. The highest BCUT2D eigenvalue weighted by Crippen LogP contribution is 2.29. The molecular formula is C28H31FN2O4. The summed E-state index contributed by atoms with van der Waals surface area (Å²) in [5.74, 6) is -0.213. The average molecular weight is 479 g/mol. The molecule has 0 bridgehead atoms. The first-order valence-corrected chi connectivity index (χ1v) is 12.2. The van der Waals surface area contributed by atoms with Crippen molar-refractivity contribution in [3.8, 4) is 5.75 Å². The number of benzene rings is 2. The molecule has 0 radical (unpaired) electrons. The fourth-order valence-corrected chi connectivity index (χ4v) is 4.52. The zero-order valence-corrected chi connectivity index (χ0v) is 19.9. The average Bonchev–Trinajstić information content (AvgIpc) is 3.41. The van der Waals surface area contributed by atoms with E-state index in [1.54, 1.807) is 36.4 Å². The Morgan fingerprint density at radius 2 is 1.77 bits per heavy atom. The van der Waals surface area contributed by atoms with E-state index >= 15 is 0 Å². The molecule has 6 nitrogen and oxygen atoms in total. The predicted molar refractivity (Wildman–Crippen MR) is 130 cm³/mol. The first-order chi connectivity index (χ1) is 17.0. The first-order valence-electron chi connectivity index (χ1n) is 12.2. The summed E-state index contributed by atoms with van der Waals surface area (Å²) in [5.41, 5.74) is 1.36. The number of carbonyl (C=O) groups is 2. The minimum atomic E-state index is -0.907. The molecule has 1 aromatic heterocycles. The van der Waals surface area contributed by atoms with Crippen molar-refractivity contribution in [1.29, 1.82) is 0 Å². The lowest BCUT2D eigenvalue weighted by molar-refractivity contribution is -0.127. The highest BCUT2D eigenvalue weighted by Gasteiger charge is 2.34. The number of ether oxygens (including phenoxy) is 1. The second-order valence-corrected chi connectivity index (χ2v) is 8.78. The number of furan rings is 1. The Morgan fingerprint density at radius 1 is 1.06 bits per heavy atom. The summed E-state index contributed by atoms with van der Waals surface area (Å²) in [6.07, 6.45) is 6.59. The van der Waals surface area contributed by atoms with Gasteiger partial charge in [-0.3, -0.25) is 9.59 Å². The molecule has 184 valence electrons. The van der Waals surface area contributed by atoms with Gasteiger partial charge in [-0.05, 0) is 67.3 Å². The van der Waals surface area contributed by atoms with Crippen molar-refractivity contribution in [2.75, 3.05) is 6.61 Å². The number of rotatable bonds is 9. The van der Waals surface area contributed by atoms with E-state index < -0.39 is 11.9 Å². The van der Waals surface area contributed by atoms with Crippen molar-refractivity contribution < 1.29 is 23.1 Å². The summed E-state index contributed by atoms with van der Waals surface area (Å²) in [7, 11) is 0. The van der Waals surface area contributed by atoms with Gasteiger partial charge in [0.05, 0.1) is 12.9 Å². The molecule has 35 heavy (non-hydrogen) atoms. The van der Waals surface area contributed by atoms with Crippen molar-refractivity contribution in [2.45, 2.75) is 57.7 Å². The largest absolute Gasteiger partial charge is 0.494 e. The van der Waals surface area contributed by atoms with E-state index in [2.05, 4.69) is 5.32 Å². The Morgan fingerprint density at radius 3 is 2.40 bits per heavy atom. The topological polar surface area (TPSA) is 71.8 Å². The first kappa shape index (κ1) is 24.5. The molecule has 1 fully saturated rings. The molecule has 2 amide bonds. The Bertz CT molecular complexity index is 1090. The normalized spacial score (nSPS) is 14.8. The van der Waals surface area contributed by atoms with E-state index in [9.17, 15) is 14.0 Å². The molecule has 0 spiro atoms. The highest BCUT2D eigenvalue weighted by atomic mass is 19.1. The van der Waals surface area contributed by atoms with Crippen molar-refractivity contribution >= 4 is 11.8 Å². The number of halogens is 1. The summed E-state index contributed by atoms with van der Waals surface area (Å²) in [4.78, 5) is 28.9. The van der Waals surface area contributed by atoms with Gasteiger partial charge in [-0.15, -0.1) is 0 Å². The molecular weight excluding hydrogens is 447 g/mol. The van der Waals surface area contributed by atoms with Gasteiger partial charge in [0, 0.05) is 12.6 Å². The quantitative estimate of drug-likeness (QED) is 0.431. The summed E-state index contributed by atoms with van der Waals surface area (Å²) < 4.78 is 24.5. The van der Waals surface area contributed by atoms with Gasteiger partial charge in [0.15, 0.2) is 5.76 Å². The lowest BCUT2D eigenvalue weighted by Gasteiger charge is -2.33. The SMILES string of the molecule is CCOc1ccc(C(C(=O)NC2CCCCC2)N(Cc2ccc(F)cc2)C(=O)c2ccco2)cc1. The number of nitrogens with one attached hydrogen (secondary N) is 1. The molecule has 1 aliphatic rings. The molecule has 1 aliphatic carbocycles. The maximum atomic E-state index is 13.8. The number of nitrogens with zero attached hydrogens (tertiary/aromatic N) is 1. The second kappa shape index (κ2) is 11.7. The van der Waals surface area contributed by atoms with Crippen LogP contribution in [0.4, 0.5) is 4.39 Å². The molecule has 1 unspecified atom stereocenters. The standard InChI is InChI=1S/C28H31FN2O4/c1-2-34-24-16-12-21(13-17-24)26(27(32)30-23-7-4-3-5-8-23)31(28(33)25-9-6-18-35-25)19-20-10-14-22(29)15-11-20/h6,9-18,23,26H,2-5,7-8,19H2,1H3,(H,30,32). The van der Waals surface area contributed by atoms with E-state index in [0.29, 0.717) is 23.5 Å². The third-order valence-corrected chi connectivity index (χ3v) is 6.28. The fraction of sp³-hybridized carbons (Fsp3) is 0.357. The Balaban J connectivity index is 1.71. The van der Waals surface area contributed by atoms with Gasteiger partial charge in [0.25, 0.3) is 5.91 Å². The van der Waals surface area contributed by atoms with Crippen LogP contribution in [-0.4, -0.2) is 29.4 Å². The van der Waals surface area contributed by atoms with Gasteiger partial charge >= 0.3 is 0 Å². The Labute approximate surface area is 205 Å². The molecule has 1 saturated carbocycles. The van der Waals surface area contributed by atoms with Crippen molar-refractivity contribution in [3.63, 3.8) is 0 Å². The number of hydrogen-bond acceptors (Lipinski definition) is 4. The highest BCUT2D eigenvalue weighted by molar-refractivity contribution is 5.96. The minimum Gasteiger partial charge on any atom is -0.494 e. The van der Waals surface area contributed by atoms with E-state index in [1.165, 1.54) is 29.7 Å². The molecule has 0 saturated heterocycles. The minimum absolute atomic E-state index is 0.0767. The second-order valence-electron chi connectivity index (χ2n) is 8.78. The third-order valence-electron chi connectivity index (χ3n) is 6.28. The number of carbonyl (C=O) groups excluding carboxylic acids is 2. The Hall–Kier alpha value is -3.61. The van der Waals surface area contributed by atoms with Gasteiger partial charge in [-0.2, -0.15) is 0 Å². The van der Waals surface area contributed by atoms with Crippen molar-refractivity contribution in [3.05, 3.63) is 89.6 Å². The van der Waals surface area contributed by atoms with Crippen LogP contribution in [0, 0.1) is 5.82 Å². The fourth-order valence-electron chi connectivity index (χ4n) is 4.52. The number of amides is 2. The van der Waals surface area contributed by atoms with E-state index in [-0.39, 0.29) is 30.1 Å². The molecule has 3 aromatic rings. The lowest BCUT2D eigenvalue weighted by atomic mass is 9.94. The van der Waals surface area contributed by atoms with Crippen LogP contribution in [0.2, 0.25) is 0 Å². The van der Waals surface area contributed by atoms with Crippen molar-refractivity contribution in [1.82, 2.24) is 10.2 Å². The number of hydrogen-bond donors (Lipinski definition) is 1. The van der Waals surface area contributed by atoms with Gasteiger partial charge in [-0.1, -0.05) is 43.5 Å². The summed E-state index contributed by atoms with van der Waals surface area (Å²) in [6, 6.07) is 15.5. The smallest absolute Gasteiger partial charge is 0.290 e. The molecule has 7 heteroatoms. The van der Waals surface area contributed by atoms with Crippen LogP contribution in [0.3, 0.4) is 0 Å². The molecule has 0 aliphatic heterocycles. The van der Waals surface area contributed by atoms with Crippen LogP contribution in [0.1, 0.15) is 66.8 Å². The van der Waals surface area contributed by atoms with E-state index in [0.717, 1.165) is 25.7 Å². The maximum Gasteiger partial charge on any atom is 0.290 e. The van der Waals surface area contributed by atoms with Crippen LogP contribution < -0.4 is 10.1 Å². The zero-order valence-electron chi connectivity index (χ0n) is 19.9. The molecule has 1 heterocycles. The van der Waals surface area contributed by atoms with Gasteiger partial charge in [0.2, 0.25) is 5.91 Å². The van der Waals surface area contributed by atoms with Crippen molar-refractivity contribution in [2.24, 2.45) is 0 Å². The van der Waals surface area contributed by atoms with E-state index in [4.69, 9.17) is 9.15 Å². The predicted octanol–water partition coefficient (Wildman–Crippen LogP) is 5.65. The molecule has 4 rings (SSSR count). The van der Waals surface area contributed by atoms with Crippen LogP contribution in [-0.2, 0) is 11.3 Å². The van der Waals surface area contributed by atoms with Crippen LogP contribution in [0.5, 0.6) is 5.75 Å². The summed E-state index contributed by atoms with van der Waals surface area (Å²) in [5, 5.41) is 3.18. The maximum absolute atomic E-state index is 13.8. The molecule has 1 N–H and O–H groups in total. The zero-order chi connectivity index (χ0) is 24.6. The van der Waals surface area contributed by atoms with Gasteiger partial charge in [-0.25, -0.2) is 4.39 Å². The molecule has 1 atom stereocenters. The van der Waals surface area contributed by atoms with Gasteiger partial charge in [0.1, 0.15) is 17.6 Å². The molecule has 2 aromatic carbocycles. The lowest BCUT2D eigenvalue weighted by Crippen LogP contribution is -2.46. The van der Waals surface area contributed by atoms with E-state index in [1.807, 2.05) is 19.1 Å². The Kier molecular flexibility index (Phi) is 8.19. The summed E-state index contributed by atoms with van der Waals surface area (Å²) >= 11 is 0. The van der Waals surface area contributed by atoms with Gasteiger partial charge < -0.3 is 19.4 Å². The summed E-state index contributed by atoms with van der Waals surface area (Å²) in [6.45, 7) is 2.54. The van der Waals surface area contributed by atoms with Crippen LogP contribution in [0.15, 0.2) is 71.3 Å².